The molecule has 0 rings (SSSR count). The molecule has 1 atom stereocenters. The van der Waals surface area contributed by atoms with Crippen LogP contribution in [0.2, 0.25) is 0 Å². The maximum absolute atomic E-state index is 11.1. The van der Waals surface area contributed by atoms with Crippen molar-refractivity contribution in [2.24, 2.45) is 5.73 Å². The van der Waals surface area contributed by atoms with Crippen LogP contribution >= 0.6 is 0 Å². The van der Waals surface area contributed by atoms with Gasteiger partial charge in [-0.1, -0.05) is 13.3 Å². The Morgan fingerprint density at radius 1 is 1.54 bits per heavy atom. The summed E-state index contributed by atoms with van der Waals surface area (Å²) in [5.41, 5.74) is 7.78. The lowest BCUT2D eigenvalue weighted by Crippen LogP contribution is -2.40. The number of hydroxylamine groups is 1. The first-order chi connectivity index (χ1) is 6.22. The molecule has 0 aliphatic rings. The summed E-state index contributed by atoms with van der Waals surface area (Å²) >= 11 is 0. The van der Waals surface area contributed by atoms with E-state index in [0.29, 0.717) is 19.6 Å². The van der Waals surface area contributed by atoms with Gasteiger partial charge < -0.3 is 10.5 Å². The van der Waals surface area contributed by atoms with E-state index in [2.05, 4.69) is 5.48 Å². The molecule has 1 amide bonds. The van der Waals surface area contributed by atoms with Gasteiger partial charge in [-0.2, -0.15) is 0 Å². The first kappa shape index (κ1) is 12.3. The smallest absolute Gasteiger partial charge is 0.260 e. The molecular formula is C8H18N2O3. The predicted molar refractivity (Wildman–Crippen MR) is 48.9 cm³/mol. The molecule has 0 heterocycles. The second-order valence-electron chi connectivity index (χ2n) is 2.70. The third-order valence-electron chi connectivity index (χ3n) is 1.50. The minimum Gasteiger partial charge on any atom is -0.382 e. The van der Waals surface area contributed by atoms with E-state index >= 15 is 0 Å². The minimum absolute atomic E-state index is 0.280. The van der Waals surface area contributed by atoms with Crippen LogP contribution in [0, 0.1) is 0 Å². The average Bonchev–Trinajstić information content (AvgIpc) is 2.12. The quantitative estimate of drug-likeness (QED) is 0.431. The van der Waals surface area contributed by atoms with Gasteiger partial charge in [0.1, 0.15) is 0 Å². The number of nitrogens with one attached hydrogen (secondary N) is 1. The molecule has 0 aromatic heterocycles. The van der Waals surface area contributed by atoms with Crippen LogP contribution in [0.3, 0.4) is 0 Å². The van der Waals surface area contributed by atoms with Gasteiger partial charge in [-0.15, -0.1) is 0 Å². The molecule has 0 aromatic carbocycles. The number of rotatable bonds is 7. The van der Waals surface area contributed by atoms with E-state index in [-0.39, 0.29) is 5.91 Å². The van der Waals surface area contributed by atoms with E-state index in [9.17, 15) is 4.79 Å². The summed E-state index contributed by atoms with van der Waals surface area (Å²) in [5, 5.41) is 0. The molecule has 13 heavy (non-hydrogen) atoms. The fraction of sp³-hybridized carbons (Fsp3) is 0.875. The van der Waals surface area contributed by atoms with Gasteiger partial charge in [0.15, 0.2) is 0 Å². The van der Waals surface area contributed by atoms with Crippen molar-refractivity contribution in [3.63, 3.8) is 0 Å². The van der Waals surface area contributed by atoms with Crippen molar-refractivity contribution < 1.29 is 14.4 Å². The Hall–Kier alpha value is -0.650. The molecule has 3 N–H and O–H groups in total. The molecule has 1 unspecified atom stereocenters. The van der Waals surface area contributed by atoms with Crippen molar-refractivity contribution >= 4 is 5.91 Å². The second-order valence-corrected chi connectivity index (χ2v) is 2.70. The SMILES string of the molecule is CCCC(N)C(=O)NOCCOC. The van der Waals surface area contributed by atoms with Crippen LogP contribution in [0.15, 0.2) is 0 Å². The summed E-state index contributed by atoms with van der Waals surface area (Å²) in [4.78, 5) is 15.9. The van der Waals surface area contributed by atoms with Gasteiger partial charge in [-0.3, -0.25) is 9.63 Å². The van der Waals surface area contributed by atoms with Gasteiger partial charge in [-0.25, -0.2) is 5.48 Å². The number of methoxy groups -OCH3 is 1. The van der Waals surface area contributed by atoms with Gasteiger partial charge in [0, 0.05) is 7.11 Å². The van der Waals surface area contributed by atoms with Gasteiger partial charge in [0.2, 0.25) is 0 Å². The number of hydrogen-bond donors (Lipinski definition) is 2. The first-order valence-corrected chi connectivity index (χ1v) is 4.38. The van der Waals surface area contributed by atoms with Crippen molar-refractivity contribution in [2.75, 3.05) is 20.3 Å². The van der Waals surface area contributed by atoms with E-state index in [4.69, 9.17) is 15.3 Å². The van der Waals surface area contributed by atoms with Crippen molar-refractivity contribution in [1.29, 1.82) is 0 Å². The lowest BCUT2D eigenvalue weighted by Gasteiger charge is -2.10. The van der Waals surface area contributed by atoms with Crippen LogP contribution < -0.4 is 11.2 Å². The molecule has 0 radical (unpaired) electrons. The highest BCUT2D eigenvalue weighted by Gasteiger charge is 2.11. The van der Waals surface area contributed by atoms with Gasteiger partial charge >= 0.3 is 0 Å². The van der Waals surface area contributed by atoms with Crippen molar-refractivity contribution in [1.82, 2.24) is 5.48 Å². The van der Waals surface area contributed by atoms with Crippen LogP contribution in [-0.4, -0.2) is 32.3 Å². The molecular weight excluding hydrogens is 172 g/mol. The van der Waals surface area contributed by atoms with Gasteiger partial charge in [0.05, 0.1) is 19.3 Å². The molecule has 5 heteroatoms. The standard InChI is InChI=1S/C8H18N2O3/c1-3-4-7(9)8(11)10-13-6-5-12-2/h7H,3-6,9H2,1-2H3,(H,10,11). The molecule has 0 saturated heterocycles. The van der Waals surface area contributed by atoms with Gasteiger partial charge in [0.25, 0.3) is 5.91 Å². The van der Waals surface area contributed by atoms with Crippen LogP contribution in [0.4, 0.5) is 0 Å². The molecule has 5 nitrogen and oxygen atoms in total. The number of amides is 1. The Balaban J connectivity index is 3.38. The molecule has 0 aromatic rings. The molecule has 0 aliphatic carbocycles. The lowest BCUT2D eigenvalue weighted by atomic mass is 10.2. The maximum Gasteiger partial charge on any atom is 0.260 e. The Bertz CT molecular complexity index is 141. The Kier molecular flexibility index (Phi) is 7.57. The van der Waals surface area contributed by atoms with Crippen molar-refractivity contribution in [3.05, 3.63) is 0 Å². The summed E-state index contributed by atoms with van der Waals surface area (Å²) in [6.07, 6.45) is 1.55. The molecule has 0 fully saturated rings. The highest BCUT2D eigenvalue weighted by atomic mass is 16.7. The zero-order chi connectivity index (χ0) is 10.1. The Morgan fingerprint density at radius 3 is 2.77 bits per heavy atom. The number of ether oxygens (including phenoxy) is 1. The van der Waals surface area contributed by atoms with Crippen LogP contribution in [0.25, 0.3) is 0 Å². The fourth-order valence-corrected chi connectivity index (χ4v) is 0.765. The third kappa shape index (κ3) is 6.51. The van der Waals surface area contributed by atoms with Crippen molar-refractivity contribution in [2.45, 2.75) is 25.8 Å². The van der Waals surface area contributed by atoms with E-state index in [1.54, 1.807) is 7.11 Å². The fourth-order valence-electron chi connectivity index (χ4n) is 0.765. The summed E-state index contributed by atoms with van der Waals surface area (Å²) < 4.78 is 4.72. The zero-order valence-electron chi connectivity index (χ0n) is 8.21. The topological polar surface area (TPSA) is 73.6 Å². The molecule has 0 spiro atoms. The third-order valence-corrected chi connectivity index (χ3v) is 1.50. The normalized spacial score (nSPS) is 12.5. The summed E-state index contributed by atoms with van der Waals surface area (Å²) in [5.74, 6) is -0.280. The molecule has 78 valence electrons. The largest absolute Gasteiger partial charge is 0.382 e. The summed E-state index contributed by atoms with van der Waals surface area (Å²) in [6, 6.07) is -0.479. The Morgan fingerprint density at radius 2 is 2.23 bits per heavy atom. The van der Waals surface area contributed by atoms with Crippen LogP contribution in [-0.2, 0) is 14.4 Å². The zero-order valence-corrected chi connectivity index (χ0v) is 8.21. The van der Waals surface area contributed by atoms with Gasteiger partial charge in [-0.05, 0) is 6.42 Å². The minimum atomic E-state index is -0.479. The van der Waals surface area contributed by atoms with Crippen molar-refractivity contribution in [3.8, 4) is 0 Å². The van der Waals surface area contributed by atoms with Crippen LogP contribution in [0.1, 0.15) is 19.8 Å². The van der Waals surface area contributed by atoms with E-state index in [1.165, 1.54) is 0 Å². The van der Waals surface area contributed by atoms with E-state index in [0.717, 1.165) is 6.42 Å². The predicted octanol–water partition coefficient (Wildman–Crippen LogP) is -0.192. The van der Waals surface area contributed by atoms with E-state index in [1.807, 2.05) is 6.92 Å². The maximum atomic E-state index is 11.1. The molecule has 0 bridgehead atoms. The number of hydrogen-bond acceptors (Lipinski definition) is 4. The monoisotopic (exact) mass is 190 g/mol. The summed E-state index contributed by atoms with van der Waals surface area (Å²) in [6.45, 7) is 2.75. The van der Waals surface area contributed by atoms with E-state index < -0.39 is 6.04 Å². The molecule has 0 aliphatic heterocycles. The Labute approximate surface area is 78.5 Å². The first-order valence-electron chi connectivity index (χ1n) is 4.38. The number of nitrogens with two attached hydrogens (primary N) is 1. The average molecular weight is 190 g/mol. The lowest BCUT2D eigenvalue weighted by molar-refractivity contribution is -0.136. The highest BCUT2D eigenvalue weighted by Crippen LogP contribution is 1.92. The summed E-state index contributed by atoms with van der Waals surface area (Å²) in [7, 11) is 1.56. The van der Waals surface area contributed by atoms with Crippen LogP contribution in [0.5, 0.6) is 0 Å². The highest BCUT2D eigenvalue weighted by molar-refractivity contribution is 5.80. The number of carbonyl (C=O) groups is 1. The second kappa shape index (κ2) is 7.97. The molecule has 0 saturated carbocycles. The number of carbonyl (C=O) groups excluding carboxylic acids is 1.